The quantitative estimate of drug-likeness (QED) is 0.753. The lowest BCUT2D eigenvalue weighted by molar-refractivity contribution is 0.424. The van der Waals surface area contributed by atoms with Gasteiger partial charge in [-0.05, 0) is 32.2 Å². The van der Waals surface area contributed by atoms with Gasteiger partial charge in [0.05, 0.1) is 0 Å². The van der Waals surface area contributed by atoms with E-state index < -0.39 is 0 Å². The van der Waals surface area contributed by atoms with Crippen LogP contribution in [0.2, 0.25) is 0 Å². The molecule has 1 atom stereocenters. The second-order valence-corrected chi connectivity index (χ2v) is 5.06. The Balaban J connectivity index is 2.53. The largest absolute Gasteiger partial charge is 0.335 e. The maximum atomic E-state index is 4.46. The number of aryl methyl sites for hydroxylation is 1. The molecule has 3 heteroatoms. The third-order valence-corrected chi connectivity index (χ3v) is 3.16. The molecule has 1 heterocycles. The number of nitrogens with zero attached hydrogens (tertiary/aromatic N) is 2. The van der Waals surface area contributed by atoms with Gasteiger partial charge >= 0.3 is 0 Å². The maximum Gasteiger partial charge on any atom is 0.110 e. The first-order valence-electron chi connectivity index (χ1n) is 6.90. The Hall–Kier alpha value is -0.830. The molecule has 0 radical (unpaired) electrons. The average Bonchev–Trinajstić information content (AvgIpc) is 2.73. The number of hydrogen-bond donors (Lipinski definition) is 1. The summed E-state index contributed by atoms with van der Waals surface area (Å²) in [5.41, 5.74) is 0. The van der Waals surface area contributed by atoms with E-state index in [1.54, 1.807) is 0 Å². The van der Waals surface area contributed by atoms with Crippen molar-refractivity contribution in [3.63, 3.8) is 0 Å². The molecule has 1 aromatic heterocycles. The molecule has 98 valence electrons. The molecule has 3 nitrogen and oxygen atoms in total. The minimum Gasteiger partial charge on any atom is -0.335 e. The minimum atomic E-state index is 0.565. The maximum absolute atomic E-state index is 4.46. The molecule has 1 unspecified atom stereocenters. The van der Waals surface area contributed by atoms with Crippen molar-refractivity contribution < 1.29 is 0 Å². The lowest BCUT2D eigenvalue weighted by Crippen LogP contribution is -2.32. The topological polar surface area (TPSA) is 29.9 Å². The zero-order valence-corrected chi connectivity index (χ0v) is 11.7. The van der Waals surface area contributed by atoms with E-state index in [1.165, 1.54) is 18.7 Å². The standard InChI is InChI=1S/C14H27N3/c1-5-15-13(8-7-12(3)4)11-14-16-9-10-17(14)6-2/h9-10,12-13,15H,5-8,11H2,1-4H3. The fourth-order valence-corrected chi connectivity index (χ4v) is 2.14. The molecule has 0 fully saturated rings. The number of rotatable bonds is 8. The second kappa shape index (κ2) is 7.49. The summed E-state index contributed by atoms with van der Waals surface area (Å²) in [5, 5.41) is 3.57. The molecule has 1 aromatic rings. The summed E-state index contributed by atoms with van der Waals surface area (Å²) in [6.07, 6.45) is 7.54. The minimum absolute atomic E-state index is 0.565. The molecule has 0 spiro atoms. The first kappa shape index (κ1) is 14.2. The summed E-state index contributed by atoms with van der Waals surface area (Å²) < 4.78 is 2.24. The molecule has 0 saturated heterocycles. The predicted molar refractivity (Wildman–Crippen MR) is 73.1 cm³/mol. The van der Waals surface area contributed by atoms with E-state index in [9.17, 15) is 0 Å². The summed E-state index contributed by atoms with van der Waals surface area (Å²) >= 11 is 0. The van der Waals surface area contributed by atoms with Crippen LogP contribution >= 0.6 is 0 Å². The Morgan fingerprint density at radius 1 is 1.29 bits per heavy atom. The number of aromatic nitrogens is 2. The zero-order chi connectivity index (χ0) is 12.7. The highest BCUT2D eigenvalue weighted by molar-refractivity contribution is 4.95. The highest BCUT2D eigenvalue weighted by Crippen LogP contribution is 2.11. The van der Waals surface area contributed by atoms with Crippen molar-refractivity contribution in [2.45, 2.75) is 59.5 Å². The molecule has 0 aliphatic carbocycles. The van der Waals surface area contributed by atoms with Gasteiger partial charge in [-0.2, -0.15) is 0 Å². The van der Waals surface area contributed by atoms with Gasteiger partial charge in [-0.1, -0.05) is 20.8 Å². The van der Waals surface area contributed by atoms with Gasteiger partial charge in [-0.15, -0.1) is 0 Å². The van der Waals surface area contributed by atoms with Crippen LogP contribution in [-0.2, 0) is 13.0 Å². The molecule has 0 amide bonds. The molecule has 0 aliphatic heterocycles. The van der Waals surface area contributed by atoms with Crippen LogP contribution in [0.3, 0.4) is 0 Å². The second-order valence-electron chi connectivity index (χ2n) is 5.06. The van der Waals surface area contributed by atoms with Gasteiger partial charge in [-0.25, -0.2) is 4.98 Å². The Labute approximate surface area is 106 Å². The number of hydrogen-bond acceptors (Lipinski definition) is 2. The van der Waals surface area contributed by atoms with Crippen LogP contribution in [0.5, 0.6) is 0 Å². The van der Waals surface area contributed by atoms with Crippen molar-refractivity contribution in [2.24, 2.45) is 5.92 Å². The van der Waals surface area contributed by atoms with E-state index >= 15 is 0 Å². The molecule has 1 N–H and O–H groups in total. The monoisotopic (exact) mass is 237 g/mol. The Morgan fingerprint density at radius 3 is 2.65 bits per heavy atom. The van der Waals surface area contributed by atoms with Gasteiger partial charge in [0.25, 0.3) is 0 Å². The smallest absolute Gasteiger partial charge is 0.110 e. The van der Waals surface area contributed by atoms with E-state index in [1.807, 2.05) is 6.20 Å². The molecule has 0 aromatic carbocycles. The van der Waals surface area contributed by atoms with Gasteiger partial charge in [0.1, 0.15) is 5.82 Å². The number of likely N-dealkylation sites (N-methyl/N-ethyl adjacent to an activating group) is 1. The van der Waals surface area contributed by atoms with Gasteiger partial charge in [0, 0.05) is 31.4 Å². The summed E-state index contributed by atoms with van der Waals surface area (Å²) in [4.78, 5) is 4.46. The summed E-state index contributed by atoms with van der Waals surface area (Å²) in [5.74, 6) is 1.99. The molecule has 1 rings (SSSR count). The van der Waals surface area contributed by atoms with Crippen molar-refractivity contribution in [1.29, 1.82) is 0 Å². The number of imidazole rings is 1. The van der Waals surface area contributed by atoms with E-state index in [4.69, 9.17) is 0 Å². The van der Waals surface area contributed by atoms with Crippen molar-refractivity contribution in [2.75, 3.05) is 6.54 Å². The highest BCUT2D eigenvalue weighted by Gasteiger charge is 2.12. The van der Waals surface area contributed by atoms with Crippen molar-refractivity contribution in [1.82, 2.24) is 14.9 Å². The first-order valence-corrected chi connectivity index (χ1v) is 6.90. The molecule has 0 saturated carbocycles. The zero-order valence-electron chi connectivity index (χ0n) is 11.7. The van der Waals surface area contributed by atoms with Crippen LogP contribution in [-0.4, -0.2) is 22.1 Å². The van der Waals surface area contributed by atoms with Crippen LogP contribution in [0, 0.1) is 5.92 Å². The van der Waals surface area contributed by atoms with Gasteiger partial charge in [-0.3, -0.25) is 0 Å². The summed E-state index contributed by atoms with van der Waals surface area (Å²) in [6, 6.07) is 0.565. The Morgan fingerprint density at radius 2 is 2.06 bits per heavy atom. The Kier molecular flexibility index (Phi) is 6.27. The first-order chi connectivity index (χ1) is 8.17. The molecular weight excluding hydrogens is 210 g/mol. The average molecular weight is 237 g/mol. The fraction of sp³-hybridized carbons (Fsp3) is 0.786. The van der Waals surface area contributed by atoms with Crippen LogP contribution < -0.4 is 5.32 Å². The number of nitrogens with one attached hydrogen (secondary N) is 1. The van der Waals surface area contributed by atoms with Crippen molar-refractivity contribution in [3.05, 3.63) is 18.2 Å². The van der Waals surface area contributed by atoms with Crippen LogP contribution in [0.1, 0.15) is 46.4 Å². The van der Waals surface area contributed by atoms with Crippen LogP contribution in [0.25, 0.3) is 0 Å². The molecule has 0 aliphatic rings. The van der Waals surface area contributed by atoms with Crippen molar-refractivity contribution in [3.8, 4) is 0 Å². The fourth-order valence-electron chi connectivity index (χ4n) is 2.14. The normalized spacial score (nSPS) is 13.2. The van der Waals surface area contributed by atoms with E-state index in [0.29, 0.717) is 6.04 Å². The lowest BCUT2D eigenvalue weighted by Gasteiger charge is -2.19. The van der Waals surface area contributed by atoms with Gasteiger partial charge in [0.15, 0.2) is 0 Å². The SMILES string of the molecule is CCNC(CCC(C)C)Cc1nccn1CC. The van der Waals surface area contributed by atoms with Gasteiger partial charge < -0.3 is 9.88 Å². The van der Waals surface area contributed by atoms with E-state index in [2.05, 4.69) is 48.8 Å². The van der Waals surface area contributed by atoms with Crippen molar-refractivity contribution >= 4 is 0 Å². The van der Waals surface area contributed by atoms with E-state index in [0.717, 1.165) is 25.4 Å². The summed E-state index contributed by atoms with van der Waals surface area (Å²) in [7, 11) is 0. The third-order valence-electron chi connectivity index (χ3n) is 3.16. The lowest BCUT2D eigenvalue weighted by atomic mass is 10.0. The molecule has 17 heavy (non-hydrogen) atoms. The van der Waals surface area contributed by atoms with Gasteiger partial charge in [0.2, 0.25) is 0 Å². The predicted octanol–water partition coefficient (Wildman–Crippen LogP) is 2.86. The molecular formula is C14H27N3. The molecule has 0 bridgehead atoms. The van der Waals surface area contributed by atoms with Crippen LogP contribution in [0.4, 0.5) is 0 Å². The summed E-state index contributed by atoms with van der Waals surface area (Å²) in [6.45, 7) is 11.0. The highest BCUT2D eigenvalue weighted by atomic mass is 15.1. The Bertz CT molecular complexity index is 304. The van der Waals surface area contributed by atoms with E-state index in [-0.39, 0.29) is 0 Å². The van der Waals surface area contributed by atoms with Crippen LogP contribution in [0.15, 0.2) is 12.4 Å². The third kappa shape index (κ3) is 4.90.